The van der Waals surface area contributed by atoms with Crippen molar-refractivity contribution in [3.05, 3.63) is 48.0 Å². The average Bonchev–Trinajstić information content (AvgIpc) is 3.13. The molecule has 0 spiro atoms. The van der Waals surface area contributed by atoms with Gasteiger partial charge in [-0.1, -0.05) is 18.2 Å². The molecule has 1 saturated heterocycles. The summed E-state index contributed by atoms with van der Waals surface area (Å²) in [5, 5.41) is 3.47. The van der Waals surface area contributed by atoms with Crippen LogP contribution in [0.3, 0.4) is 0 Å². The number of rotatable bonds is 8. The number of likely N-dealkylation sites (tertiary alicyclic amines) is 1. The molecular weight excluding hydrogens is 378 g/mol. The SMILES string of the molecule is CCOc1cc(CN2CCC(Nc3nc4ccccc4o3)CC2)ccc1OC(C)C. The lowest BCUT2D eigenvalue weighted by Gasteiger charge is -2.32. The highest BCUT2D eigenvalue weighted by Crippen LogP contribution is 2.30. The highest BCUT2D eigenvalue weighted by Gasteiger charge is 2.21. The molecule has 0 aliphatic carbocycles. The third kappa shape index (κ3) is 5.05. The Balaban J connectivity index is 1.32. The van der Waals surface area contributed by atoms with Crippen LogP contribution in [0, 0.1) is 0 Å². The Kier molecular flexibility index (Phi) is 6.43. The van der Waals surface area contributed by atoms with Crippen molar-refractivity contribution < 1.29 is 13.9 Å². The Hall–Kier alpha value is -2.73. The first kappa shape index (κ1) is 20.5. The van der Waals surface area contributed by atoms with Gasteiger partial charge in [0.1, 0.15) is 5.52 Å². The maximum atomic E-state index is 5.87. The fourth-order valence-corrected chi connectivity index (χ4v) is 3.87. The highest BCUT2D eigenvalue weighted by molar-refractivity contribution is 5.74. The number of ether oxygens (including phenoxy) is 2. The number of hydrogen-bond donors (Lipinski definition) is 1. The van der Waals surface area contributed by atoms with Crippen LogP contribution < -0.4 is 14.8 Å². The summed E-state index contributed by atoms with van der Waals surface area (Å²) < 4.78 is 17.5. The number of fused-ring (bicyclic) bond motifs is 1. The van der Waals surface area contributed by atoms with E-state index in [4.69, 9.17) is 13.9 Å². The molecule has 1 aromatic heterocycles. The molecule has 1 aliphatic rings. The molecule has 2 aromatic carbocycles. The molecule has 1 fully saturated rings. The molecule has 0 bridgehead atoms. The zero-order valence-corrected chi connectivity index (χ0v) is 18.1. The lowest BCUT2D eigenvalue weighted by molar-refractivity contribution is 0.208. The second-order valence-corrected chi connectivity index (χ2v) is 8.06. The van der Waals surface area contributed by atoms with Crippen molar-refractivity contribution in [2.75, 3.05) is 25.0 Å². The molecule has 0 atom stereocenters. The van der Waals surface area contributed by atoms with Crippen LogP contribution in [0.25, 0.3) is 11.1 Å². The van der Waals surface area contributed by atoms with Crippen LogP contribution in [0.15, 0.2) is 46.9 Å². The quantitative estimate of drug-likeness (QED) is 0.559. The third-order valence-corrected chi connectivity index (χ3v) is 5.29. The maximum Gasteiger partial charge on any atom is 0.295 e. The molecule has 160 valence electrons. The van der Waals surface area contributed by atoms with Gasteiger partial charge in [0, 0.05) is 25.7 Å². The van der Waals surface area contributed by atoms with E-state index in [1.807, 2.05) is 51.1 Å². The first-order valence-electron chi connectivity index (χ1n) is 10.9. The summed E-state index contributed by atoms with van der Waals surface area (Å²) in [5.74, 6) is 1.65. The minimum absolute atomic E-state index is 0.128. The van der Waals surface area contributed by atoms with Gasteiger partial charge < -0.3 is 19.2 Å². The minimum atomic E-state index is 0.128. The second-order valence-electron chi connectivity index (χ2n) is 8.06. The molecule has 0 radical (unpaired) electrons. The average molecular weight is 410 g/mol. The summed E-state index contributed by atoms with van der Waals surface area (Å²) >= 11 is 0. The van der Waals surface area contributed by atoms with Gasteiger partial charge in [-0.05, 0) is 63.4 Å². The monoisotopic (exact) mass is 409 g/mol. The summed E-state index contributed by atoms with van der Waals surface area (Å²) in [6, 6.07) is 15.2. The van der Waals surface area contributed by atoms with Gasteiger partial charge in [-0.3, -0.25) is 4.90 Å². The van der Waals surface area contributed by atoms with Crippen molar-refractivity contribution in [2.24, 2.45) is 0 Å². The van der Waals surface area contributed by atoms with Crippen LogP contribution in [0.1, 0.15) is 39.2 Å². The summed E-state index contributed by atoms with van der Waals surface area (Å²) in [7, 11) is 0. The molecule has 0 unspecified atom stereocenters. The van der Waals surface area contributed by atoms with Crippen molar-refractivity contribution in [3.63, 3.8) is 0 Å². The molecular formula is C24H31N3O3. The summed E-state index contributed by atoms with van der Waals surface area (Å²) in [6.45, 7) is 9.67. The van der Waals surface area contributed by atoms with Crippen LogP contribution in [0.4, 0.5) is 6.01 Å². The Labute approximate surface area is 178 Å². The van der Waals surface area contributed by atoms with E-state index < -0.39 is 0 Å². The highest BCUT2D eigenvalue weighted by atomic mass is 16.5. The predicted octanol–water partition coefficient (Wildman–Crippen LogP) is 5.09. The number of piperidine rings is 1. The molecule has 3 aromatic rings. The molecule has 1 aliphatic heterocycles. The Morgan fingerprint density at radius 1 is 1.13 bits per heavy atom. The van der Waals surface area contributed by atoms with Crippen LogP contribution in [0.5, 0.6) is 11.5 Å². The number of nitrogens with zero attached hydrogens (tertiary/aromatic N) is 2. The third-order valence-electron chi connectivity index (χ3n) is 5.29. The molecule has 6 nitrogen and oxygen atoms in total. The lowest BCUT2D eigenvalue weighted by Crippen LogP contribution is -2.38. The van der Waals surface area contributed by atoms with Gasteiger partial charge in [-0.25, -0.2) is 0 Å². The van der Waals surface area contributed by atoms with E-state index >= 15 is 0 Å². The molecule has 30 heavy (non-hydrogen) atoms. The predicted molar refractivity (Wildman–Crippen MR) is 119 cm³/mol. The largest absolute Gasteiger partial charge is 0.490 e. The van der Waals surface area contributed by atoms with Gasteiger partial charge >= 0.3 is 0 Å². The minimum Gasteiger partial charge on any atom is -0.490 e. The second kappa shape index (κ2) is 9.39. The fourth-order valence-electron chi connectivity index (χ4n) is 3.87. The standard InChI is InChI=1S/C24H31N3O3/c1-4-28-23-15-18(9-10-22(23)29-17(2)3)16-27-13-11-19(12-14-27)25-24-26-20-7-5-6-8-21(20)30-24/h5-10,15,17,19H,4,11-14,16H2,1-3H3,(H,25,26). The van der Waals surface area contributed by atoms with Crippen LogP contribution in [-0.4, -0.2) is 41.7 Å². The molecule has 6 heteroatoms. The zero-order chi connectivity index (χ0) is 20.9. The Bertz CT molecular complexity index is 928. The van der Waals surface area contributed by atoms with Gasteiger partial charge in [0.15, 0.2) is 17.1 Å². The fraction of sp³-hybridized carbons (Fsp3) is 0.458. The zero-order valence-electron chi connectivity index (χ0n) is 18.1. The van der Waals surface area contributed by atoms with Gasteiger partial charge in [-0.2, -0.15) is 4.98 Å². The van der Waals surface area contributed by atoms with Crippen LogP contribution >= 0.6 is 0 Å². The van der Waals surface area contributed by atoms with E-state index in [-0.39, 0.29) is 6.10 Å². The number of nitrogens with one attached hydrogen (secondary N) is 1. The number of anilines is 1. The summed E-state index contributed by atoms with van der Waals surface area (Å²) in [4.78, 5) is 7.02. The van der Waals surface area contributed by atoms with Gasteiger partial charge in [0.25, 0.3) is 6.01 Å². The van der Waals surface area contributed by atoms with Crippen LogP contribution in [0.2, 0.25) is 0 Å². The first-order valence-corrected chi connectivity index (χ1v) is 10.9. The van der Waals surface area contributed by atoms with E-state index in [1.165, 1.54) is 5.56 Å². The molecule has 0 amide bonds. The van der Waals surface area contributed by atoms with Crippen molar-refractivity contribution >= 4 is 17.1 Å². The lowest BCUT2D eigenvalue weighted by atomic mass is 10.0. The van der Waals surface area contributed by atoms with E-state index in [2.05, 4.69) is 27.3 Å². The van der Waals surface area contributed by atoms with Gasteiger partial charge in [0.05, 0.1) is 12.7 Å². The smallest absolute Gasteiger partial charge is 0.295 e. The van der Waals surface area contributed by atoms with E-state index in [9.17, 15) is 0 Å². The molecule has 1 N–H and O–H groups in total. The summed E-state index contributed by atoms with van der Waals surface area (Å²) in [6.07, 6.45) is 2.25. The number of hydrogen-bond acceptors (Lipinski definition) is 6. The number of aromatic nitrogens is 1. The topological polar surface area (TPSA) is 59.8 Å². The van der Waals surface area contributed by atoms with Gasteiger partial charge in [0.2, 0.25) is 0 Å². The summed E-state index contributed by atoms with van der Waals surface area (Å²) in [5.41, 5.74) is 2.97. The van der Waals surface area contributed by atoms with E-state index in [1.54, 1.807) is 0 Å². The molecule has 2 heterocycles. The normalized spacial score (nSPS) is 15.6. The van der Waals surface area contributed by atoms with Crippen molar-refractivity contribution in [2.45, 2.75) is 52.3 Å². The first-order chi connectivity index (χ1) is 14.6. The molecule has 0 saturated carbocycles. The Morgan fingerprint density at radius 2 is 1.93 bits per heavy atom. The van der Waals surface area contributed by atoms with Crippen molar-refractivity contribution in [3.8, 4) is 11.5 Å². The van der Waals surface area contributed by atoms with Gasteiger partial charge in [-0.15, -0.1) is 0 Å². The maximum absolute atomic E-state index is 5.87. The number of para-hydroxylation sites is 2. The van der Waals surface area contributed by atoms with Crippen molar-refractivity contribution in [1.82, 2.24) is 9.88 Å². The Morgan fingerprint density at radius 3 is 2.67 bits per heavy atom. The van der Waals surface area contributed by atoms with E-state index in [0.717, 1.165) is 55.1 Å². The van der Waals surface area contributed by atoms with E-state index in [0.29, 0.717) is 18.7 Å². The number of oxazole rings is 1. The van der Waals surface area contributed by atoms with Crippen molar-refractivity contribution in [1.29, 1.82) is 0 Å². The van der Waals surface area contributed by atoms with Crippen LogP contribution in [-0.2, 0) is 6.54 Å². The molecule has 4 rings (SSSR count). The number of benzene rings is 2.